The van der Waals surface area contributed by atoms with Crippen LogP contribution in [0.15, 0.2) is 0 Å². The molecule has 1 amide bonds. The first-order chi connectivity index (χ1) is 8.74. The molecule has 2 fully saturated rings. The Balaban J connectivity index is 1.71. The molecule has 0 spiro atoms. The third kappa shape index (κ3) is 3.46. The van der Waals surface area contributed by atoms with Gasteiger partial charge in [0, 0.05) is 25.6 Å². The predicted molar refractivity (Wildman–Crippen MR) is 67.7 cm³/mol. The van der Waals surface area contributed by atoms with Crippen LogP contribution in [0.5, 0.6) is 0 Å². The van der Waals surface area contributed by atoms with Gasteiger partial charge in [-0.2, -0.15) is 5.26 Å². The van der Waals surface area contributed by atoms with Crippen molar-refractivity contribution in [3.63, 3.8) is 0 Å². The zero-order valence-electron chi connectivity index (χ0n) is 11.1. The lowest BCUT2D eigenvalue weighted by Crippen LogP contribution is -2.39. The SMILES string of the molecule is CCOC1CC(CC(=O)N(CCC#N)C2CC2)C1. The number of rotatable bonds is 7. The monoisotopic (exact) mass is 250 g/mol. The molecule has 0 aliphatic heterocycles. The van der Waals surface area contributed by atoms with E-state index < -0.39 is 0 Å². The van der Waals surface area contributed by atoms with Gasteiger partial charge < -0.3 is 9.64 Å². The maximum atomic E-state index is 12.2. The molecule has 0 bridgehead atoms. The summed E-state index contributed by atoms with van der Waals surface area (Å²) in [6, 6.07) is 2.55. The van der Waals surface area contributed by atoms with Crippen LogP contribution in [0.2, 0.25) is 0 Å². The normalized spacial score (nSPS) is 26.2. The van der Waals surface area contributed by atoms with E-state index >= 15 is 0 Å². The lowest BCUT2D eigenvalue weighted by atomic mass is 9.79. The summed E-state index contributed by atoms with van der Waals surface area (Å²) in [4.78, 5) is 14.1. The highest BCUT2D eigenvalue weighted by Crippen LogP contribution is 2.35. The van der Waals surface area contributed by atoms with Crippen LogP contribution in [0.4, 0.5) is 0 Å². The maximum absolute atomic E-state index is 12.2. The van der Waals surface area contributed by atoms with Crippen molar-refractivity contribution in [2.75, 3.05) is 13.2 Å². The molecule has 4 heteroatoms. The van der Waals surface area contributed by atoms with E-state index in [-0.39, 0.29) is 5.91 Å². The number of carbonyl (C=O) groups is 1. The Bertz CT molecular complexity index is 327. The molecule has 0 unspecified atom stereocenters. The number of carbonyl (C=O) groups excluding carboxylic acids is 1. The van der Waals surface area contributed by atoms with Crippen LogP contribution in [-0.2, 0) is 9.53 Å². The molecule has 2 aliphatic carbocycles. The Labute approximate surface area is 109 Å². The van der Waals surface area contributed by atoms with Crippen molar-refractivity contribution < 1.29 is 9.53 Å². The molecule has 0 aromatic rings. The number of ether oxygens (including phenoxy) is 1. The predicted octanol–water partition coefficient (Wildman–Crippen LogP) is 2.10. The van der Waals surface area contributed by atoms with Crippen LogP contribution >= 0.6 is 0 Å². The van der Waals surface area contributed by atoms with Crippen molar-refractivity contribution in [3.8, 4) is 6.07 Å². The Morgan fingerprint density at radius 2 is 2.17 bits per heavy atom. The molecular formula is C14H22N2O2. The van der Waals surface area contributed by atoms with Gasteiger partial charge in [-0.05, 0) is 38.5 Å². The van der Waals surface area contributed by atoms with Crippen LogP contribution in [0.3, 0.4) is 0 Å². The highest BCUT2D eigenvalue weighted by molar-refractivity contribution is 5.77. The van der Waals surface area contributed by atoms with Crippen LogP contribution in [0.1, 0.15) is 45.4 Å². The van der Waals surface area contributed by atoms with Gasteiger partial charge in [0.25, 0.3) is 0 Å². The first-order valence-electron chi connectivity index (χ1n) is 7.02. The van der Waals surface area contributed by atoms with E-state index in [0.717, 1.165) is 32.3 Å². The van der Waals surface area contributed by atoms with Crippen molar-refractivity contribution in [2.24, 2.45) is 5.92 Å². The number of amides is 1. The molecule has 2 saturated carbocycles. The molecule has 0 aromatic heterocycles. The van der Waals surface area contributed by atoms with Gasteiger partial charge >= 0.3 is 0 Å². The standard InChI is InChI=1S/C14H22N2O2/c1-2-18-13-8-11(9-13)10-14(17)16(7-3-6-15)12-4-5-12/h11-13H,2-5,7-10H2,1H3. The average Bonchev–Trinajstić information content (AvgIpc) is 3.11. The van der Waals surface area contributed by atoms with E-state index in [1.807, 2.05) is 11.8 Å². The van der Waals surface area contributed by atoms with Gasteiger partial charge in [-0.15, -0.1) is 0 Å². The minimum absolute atomic E-state index is 0.243. The van der Waals surface area contributed by atoms with Crippen LogP contribution in [-0.4, -0.2) is 36.1 Å². The largest absolute Gasteiger partial charge is 0.378 e. The topological polar surface area (TPSA) is 53.3 Å². The Kier molecular flexibility index (Phi) is 4.60. The third-order valence-electron chi connectivity index (χ3n) is 3.83. The minimum Gasteiger partial charge on any atom is -0.378 e. The summed E-state index contributed by atoms with van der Waals surface area (Å²) in [5.41, 5.74) is 0. The first-order valence-corrected chi connectivity index (χ1v) is 7.02. The van der Waals surface area contributed by atoms with E-state index in [9.17, 15) is 4.79 Å². The lowest BCUT2D eigenvalue weighted by Gasteiger charge is -2.35. The molecule has 100 valence electrons. The fourth-order valence-electron chi connectivity index (χ4n) is 2.64. The lowest BCUT2D eigenvalue weighted by molar-refractivity contribution is -0.135. The quantitative estimate of drug-likeness (QED) is 0.695. The molecule has 0 aromatic carbocycles. The molecule has 4 nitrogen and oxygen atoms in total. The third-order valence-corrected chi connectivity index (χ3v) is 3.83. The maximum Gasteiger partial charge on any atom is 0.223 e. The van der Waals surface area contributed by atoms with Gasteiger partial charge in [0.2, 0.25) is 5.91 Å². The molecule has 2 rings (SSSR count). The number of nitriles is 1. The van der Waals surface area contributed by atoms with Crippen molar-refractivity contribution in [1.82, 2.24) is 4.90 Å². The summed E-state index contributed by atoms with van der Waals surface area (Å²) in [6.45, 7) is 3.39. The zero-order chi connectivity index (χ0) is 13.0. The van der Waals surface area contributed by atoms with Gasteiger partial charge in [-0.3, -0.25) is 4.79 Å². The first kappa shape index (κ1) is 13.4. The van der Waals surface area contributed by atoms with Gasteiger partial charge in [0.15, 0.2) is 0 Å². The molecule has 0 heterocycles. The van der Waals surface area contributed by atoms with Gasteiger partial charge in [0.1, 0.15) is 0 Å². The Morgan fingerprint density at radius 3 is 2.72 bits per heavy atom. The van der Waals surface area contributed by atoms with Crippen molar-refractivity contribution in [2.45, 2.75) is 57.6 Å². The summed E-state index contributed by atoms with van der Waals surface area (Å²) in [5.74, 6) is 0.741. The molecule has 18 heavy (non-hydrogen) atoms. The molecule has 2 aliphatic rings. The number of hydrogen-bond acceptors (Lipinski definition) is 3. The second kappa shape index (κ2) is 6.19. The van der Waals surface area contributed by atoms with Crippen LogP contribution in [0.25, 0.3) is 0 Å². The van der Waals surface area contributed by atoms with Gasteiger partial charge in [-0.25, -0.2) is 0 Å². The van der Waals surface area contributed by atoms with E-state index in [1.165, 1.54) is 0 Å². The second-order valence-corrected chi connectivity index (χ2v) is 5.35. The van der Waals surface area contributed by atoms with E-state index in [2.05, 4.69) is 6.07 Å². The fraction of sp³-hybridized carbons (Fsp3) is 0.857. The summed E-state index contributed by atoms with van der Waals surface area (Å²) in [5, 5.41) is 8.63. The molecular weight excluding hydrogens is 228 g/mol. The number of hydrogen-bond donors (Lipinski definition) is 0. The second-order valence-electron chi connectivity index (χ2n) is 5.35. The van der Waals surface area contributed by atoms with E-state index in [0.29, 0.717) is 37.5 Å². The minimum atomic E-state index is 0.243. The summed E-state index contributed by atoms with van der Waals surface area (Å²) < 4.78 is 5.51. The average molecular weight is 250 g/mol. The fourth-order valence-corrected chi connectivity index (χ4v) is 2.64. The van der Waals surface area contributed by atoms with E-state index in [1.54, 1.807) is 0 Å². The summed E-state index contributed by atoms with van der Waals surface area (Å²) in [7, 11) is 0. The molecule has 0 radical (unpaired) electrons. The van der Waals surface area contributed by atoms with Crippen molar-refractivity contribution >= 4 is 5.91 Å². The zero-order valence-corrected chi connectivity index (χ0v) is 11.1. The van der Waals surface area contributed by atoms with Gasteiger partial charge in [-0.1, -0.05) is 0 Å². The highest BCUT2D eigenvalue weighted by atomic mass is 16.5. The molecule has 0 atom stereocenters. The van der Waals surface area contributed by atoms with Crippen molar-refractivity contribution in [3.05, 3.63) is 0 Å². The van der Waals surface area contributed by atoms with Crippen LogP contribution in [0, 0.1) is 17.2 Å². The van der Waals surface area contributed by atoms with Crippen molar-refractivity contribution in [1.29, 1.82) is 5.26 Å². The molecule has 0 N–H and O–H groups in total. The van der Waals surface area contributed by atoms with Crippen LogP contribution < -0.4 is 0 Å². The Morgan fingerprint density at radius 1 is 1.44 bits per heavy atom. The Hall–Kier alpha value is -1.08. The highest BCUT2D eigenvalue weighted by Gasteiger charge is 2.36. The smallest absolute Gasteiger partial charge is 0.223 e. The molecule has 0 saturated heterocycles. The van der Waals surface area contributed by atoms with Gasteiger partial charge in [0.05, 0.1) is 18.6 Å². The van der Waals surface area contributed by atoms with E-state index in [4.69, 9.17) is 10.00 Å². The summed E-state index contributed by atoms with van der Waals surface area (Å²) >= 11 is 0. The number of nitrogens with zero attached hydrogens (tertiary/aromatic N) is 2. The summed E-state index contributed by atoms with van der Waals surface area (Å²) in [6.07, 6.45) is 5.75.